The molecule has 0 bridgehead atoms. The molecular weight excluding hydrogens is 366 g/mol. The molecule has 29 heavy (non-hydrogen) atoms. The molecule has 1 aromatic heterocycles. The van der Waals surface area contributed by atoms with Crippen molar-refractivity contribution in [2.75, 3.05) is 12.0 Å². The molecule has 146 valence electrons. The maximum absolute atomic E-state index is 13.0. The van der Waals surface area contributed by atoms with Gasteiger partial charge in [0.05, 0.1) is 30.8 Å². The summed E-state index contributed by atoms with van der Waals surface area (Å²) in [6.45, 7) is 0.407. The molecule has 6 heteroatoms. The highest BCUT2D eigenvalue weighted by atomic mass is 16.5. The molecule has 0 saturated heterocycles. The number of nitrogens with one attached hydrogen (secondary N) is 1. The van der Waals surface area contributed by atoms with Gasteiger partial charge in [0.25, 0.3) is 5.91 Å². The number of hydrogen-bond acceptors (Lipinski definition) is 4. The third kappa shape index (κ3) is 3.82. The van der Waals surface area contributed by atoms with Crippen molar-refractivity contribution in [2.45, 2.75) is 19.0 Å². The van der Waals surface area contributed by atoms with E-state index in [4.69, 9.17) is 4.74 Å². The Bertz CT molecular complexity index is 1020. The minimum absolute atomic E-state index is 0.132. The number of aromatic nitrogens is 1. The Hall–Kier alpha value is -3.67. The highest BCUT2D eigenvalue weighted by molar-refractivity contribution is 6.11. The fraction of sp³-hybridized carbons (Fsp3) is 0.174. The summed E-state index contributed by atoms with van der Waals surface area (Å²) in [6.07, 6.45) is 1.80. The van der Waals surface area contributed by atoms with Crippen LogP contribution in [-0.4, -0.2) is 23.9 Å². The Labute approximate surface area is 169 Å². The first-order valence-corrected chi connectivity index (χ1v) is 9.40. The van der Waals surface area contributed by atoms with Crippen LogP contribution in [0.15, 0.2) is 72.9 Å². The zero-order valence-electron chi connectivity index (χ0n) is 16.0. The molecule has 2 amide bonds. The van der Waals surface area contributed by atoms with Crippen LogP contribution in [0.4, 0.5) is 5.69 Å². The zero-order chi connectivity index (χ0) is 20.2. The molecule has 4 rings (SSSR count). The zero-order valence-corrected chi connectivity index (χ0v) is 16.0. The normalized spacial score (nSPS) is 15.1. The third-order valence-corrected chi connectivity index (χ3v) is 4.98. The Kier molecular flexibility index (Phi) is 5.24. The first-order valence-electron chi connectivity index (χ1n) is 9.40. The molecule has 0 radical (unpaired) electrons. The first-order chi connectivity index (χ1) is 14.2. The third-order valence-electron chi connectivity index (χ3n) is 4.98. The summed E-state index contributed by atoms with van der Waals surface area (Å²) in [5, 5.41) is 2.94. The molecule has 1 atom stereocenters. The first kappa shape index (κ1) is 18.7. The predicted octanol–water partition coefficient (Wildman–Crippen LogP) is 3.50. The highest BCUT2D eigenvalue weighted by Gasteiger charge is 2.39. The van der Waals surface area contributed by atoms with Crippen molar-refractivity contribution in [3.8, 4) is 5.75 Å². The number of amides is 2. The van der Waals surface area contributed by atoms with Gasteiger partial charge in [-0.1, -0.05) is 30.3 Å². The predicted molar refractivity (Wildman–Crippen MR) is 110 cm³/mol. The lowest BCUT2D eigenvalue weighted by Crippen LogP contribution is -2.32. The van der Waals surface area contributed by atoms with Crippen molar-refractivity contribution in [3.05, 3.63) is 89.7 Å². The lowest BCUT2D eigenvalue weighted by molar-refractivity contribution is -0.121. The second-order valence-electron chi connectivity index (χ2n) is 6.79. The van der Waals surface area contributed by atoms with Crippen molar-refractivity contribution in [2.24, 2.45) is 0 Å². The van der Waals surface area contributed by atoms with Gasteiger partial charge in [-0.05, 0) is 42.0 Å². The lowest BCUT2D eigenvalue weighted by Gasteiger charge is -2.24. The van der Waals surface area contributed by atoms with Crippen LogP contribution < -0.4 is 15.0 Å². The molecule has 3 aromatic rings. The molecule has 0 aliphatic carbocycles. The number of anilines is 1. The van der Waals surface area contributed by atoms with Gasteiger partial charge in [-0.15, -0.1) is 0 Å². The molecule has 0 spiro atoms. The molecule has 2 heterocycles. The number of hydrogen-bond donors (Lipinski definition) is 1. The van der Waals surface area contributed by atoms with E-state index in [-0.39, 0.29) is 18.2 Å². The second-order valence-corrected chi connectivity index (χ2v) is 6.79. The number of carbonyl (C=O) groups excluding carboxylic acids is 2. The van der Waals surface area contributed by atoms with Crippen LogP contribution in [0.3, 0.4) is 0 Å². The summed E-state index contributed by atoms with van der Waals surface area (Å²) in [5.74, 6) is 0.496. The SMILES string of the molecule is COc1ccc(CNC(=O)C[C@@H]2c3ncccc3C(=O)N2c2ccccc2)cc1. The van der Waals surface area contributed by atoms with Gasteiger partial charge in [-0.2, -0.15) is 0 Å². The van der Waals surface area contributed by atoms with Crippen LogP contribution in [0.5, 0.6) is 5.75 Å². The minimum Gasteiger partial charge on any atom is -0.497 e. The summed E-state index contributed by atoms with van der Waals surface area (Å²) in [5.41, 5.74) is 2.91. The van der Waals surface area contributed by atoms with Crippen molar-refractivity contribution in [3.63, 3.8) is 0 Å². The number of carbonyl (C=O) groups is 2. The van der Waals surface area contributed by atoms with Crippen LogP contribution >= 0.6 is 0 Å². The van der Waals surface area contributed by atoms with E-state index >= 15 is 0 Å². The number of ether oxygens (including phenoxy) is 1. The van der Waals surface area contributed by atoms with Crippen molar-refractivity contribution < 1.29 is 14.3 Å². The van der Waals surface area contributed by atoms with Crippen LogP contribution in [0.25, 0.3) is 0 Å². The highest BCUT2D eigenvalue weighted by Crippen LogP contribution is 2.38. The molecular formula is C23H21N3O3. The van der Waals surface area contributed by atoms with E-state index in [0.29, 0.717) is 17.8 Å². The van der Waals surface area contributed by atoms with E-state index in [1.165, 1.54) is 0 Å². The Balaban J connectivity index is 1.51. The number of fused-ring (bicyclic) bond motifs is 1. The molecule has 1 aliphatic heterocycles. The lowest BCUT2D eigenvalue weighted by atomic mass is 10.1. The van der Waals surface area contributed by atoms with E-state index in [1.807, 2.05) is 54.6 Å². The van der Waals surface area contributed by atoms with E-state index < -0.39 is 6.04 Å². The van der Waals surface area contributed by atoms with Gasteiger partial charge in [0.2, 0.25) is 5.91 Å². The van der Waals surface area contributed by atoms with Gasteiger partial charge in [0, 0.05) is 18.4 Å². The summed E-state index contributed by atoms with van der Waals surface area (Å²) in [7, 11) is 1.62. The van der Waals surface area contributed by atoms with E-state index in [2.05, 4.69) is 10.3 Å². The maximum atomic E-state index is 13.0. The number of benzene rings is 2. The van der Waals surface area contributed by atoms with E-state index in [9.17, 15) is 9.59 Å². The van der Waals surface area contributed by atoms with E-state index in [1.54, 1.807) is 30.3 Å². The Morgan fingerprint density at radius 3 is 2.55 bits per heavy atom. The average Bonchev–Trinajstić information content (AvgIpc) is 3.05. The molecule has 0 fully saturated rings. The topological polar surface area (TPSA) is 71.5 Å². The van der Waals surface area contributed by atoms with E-state index in [0.717, 1.165) is 17.0 Å². The fourth-order valence-corrected chi connectivity index (χ4v) is 3.52. The Morgan fingerprint density at radius 2 is 1.83 bits per heavy atom. The molecule has 0 unspecified atom stereocenters. The molecule has 6 nitrogen and oxygen atoms in total. The smallest absolute Gasteiger partial charge is 0.260 e. The maximum Gasteiger partial charge on any atom is 0.260 e. The van der Waals surface area contributed by atoms with Crippen molar-refractivity contribution in [1.29, 1.82) is 0 Å². The minimum atomic E-state index is -0.433. The van der Waals surface area contributed by atoms with Crippen molar-refractivity contribution >= 4 is 17.5 Å². The number of methoxy groups -OCH3 is 1. The summed E-state index contributed by atoms with van der Waals surface area (Å²) in [6, 6.07) is 20.0. The van der Waals surface area contributed by atoms with Gasteiger partial charge in [0.1, 0.15) is 5.75 Å². The summed E-state index contributed by atoms with van der Waals surface area (Å²) in [4.78, 5) is 31.7. The van der Waals surface area contributed by atoms with Crippen LogP contribution in [0.1, 0.15) is 34.1 Å². The number of para-hydroxylation sites is 1. The average molecular weight is 387 g/mol. The Morgan fingerprint density at radius 1 is 1.07 bits per heavy atom. The van der Waals surface area contributed by atoms with Crippen LogP contribution in [-0.2, 0) is 11.3 Å². The van der Waals surface area contributed by atoms with Gasteiger partial charge >= 0.3 is 0 Å². The molecule has 1 aliphatic rings. The van der Waals surface area contributed by atoms with Gasteiger partial charge in [-0.25, -0.2) is 0 Å². The molecule has 2 aromatic carbocycles. The molecule has 0 saturated carbocycles. The monoisotopic (exact) mass is 387 g/mol. The van der Waals surface area contributed by atoms with Crippen LogP contribution in [0.2, 0.25) is 0 Å². The fourth-order valence-electron chi connectivity index (χ4n) is 3.52. The standard InChI is InChI=1S/C23H21N3O3/c1-29-18-11-9-16(10-12-18)15-25-21(27)14-20-22-19(8-5-13-24-22)23(28)26(20)17-6-3-2-4-7-17/h2-13,20H,14-15H2,1H3,(H,25,27)/t20-/m1/s1. The quantitative estimate of drug-likeness (QED) is 0.703. The summed E-state index contributed by atoms with van der Waals surface area (Å²) >= 11 is 0. The molecule has 1 N–H and O–H groups in total. The van der Waals surface area contributed by atoms with Crippen LogP contribution in [0, 0.1) is 0 Å². The second kappa shape index (κ2) is 8.14. The number of rotatable bonds is 6. The van der Waals surface area contributed by atoms with Gasteiger partial charge in [-0.3, -0.25) is 19.5 Å². The van der Waals surface area contributed by atoms with Crippen molar-refractivity contribution in [1.82, 2.24) is 10.3 Å². The largest absolute Gasteiger partial charge is 0.497 e. The number of pyridine rings is 1. The van der Waals surface area contributed by atoms with Gasteiger partial charge in [0.15, 0.2) is 0 Å². The number of nitrogens with zero attached hydrogens (tertiary/aromatic N) is 2. The van der Waals surface area contributed by atoms with Gasteiger partial charge < -0.3 is 10.1 Å². The summed E-state index contributed by atoms with van der Waals surface area (Å²) < 4.78 is 5.15.